The molecule has 0 spiro atoms. The van der Waals surface area contributed by atoms with Crippen molar-refractivity contribution in [2.45, 2.75) is 32.7 Å². The highest BCUT2D eigenvalue weighted by Gasteiger charge is 2.15. The fraction of sp³-hybridized carbons (Fsp3) is 0.455. The number of rotatable bonds is 5. The fourth-order valence-corrected chi connectivity index (χ4v) is 1.67. The summed E-state index contributed by atoms with van der Waals surface area (Å²) >= 11 is 5.83. The number of nitro groups is 1. The van der Waals surface area contributed by atoms with E-state index in [2.05, 4.69) is 5.32 Å². The molecule has 0 aliphatic heterocycles. The first-order valence-corrected chi connectivity index (χ1v) is 5.66. The first-order chi connectivity index (χ1) is 7.58. The van der Waals surface area contributed by atoms with Crippen molar-refractivity contribution in [2.75, 3.05) is 5.32 Å². The second kappa shape index (κ2) is 5.70. The van der Waals surface area contributed by atoms with E-state index in [1.54, 1.807) is 6.07 Å². The van der Waals surface area contributed by atoms with E-state index >= 15 is 0 Å². The Kier molecular flexibility index (Phi) is 4.55. The van der Waals surface area contributed by atoms with Crippen molar-refractivity contribution in [2.24, 2.45) is 0 Å². The van der Waals surface area contributed by atoms with Crippen LogP contribution >= 0.6 is 11.6 Å². The van der Waals surface area contributed by atoms with Crippen LogP contribution in [0.2, 0.25) is 5.02 Å². The molecule has 0 amide bonds. The van der Waals surface area contributed by atoms with E-state index in [9.17, 15) is 10.1 Å². The van der Waals surface area contributed by atoms with E-state index in [0.29, 0.717) is 10.7 Å². The Hall–Kier alpha value is -1.29. The van der Waals surface area contributed by atoms with Crippen molar-refractivity contribution < 1.29 is 4.92 Å². The maximum atomic E-state index is 10.8. The molecule has 0 saturated carbocycles. The molecule has 0 atom stereocenters. The monoisotopic (exact) mass is 242 g/mol. The lowest BCUT2D eigenvalue weighted by Gasteiger charge is -2.16. The highest BCUT2D eigenvalue weighted by Crippen LogP contribution is 2.28. The number of hydrogen-bond acceptors (Lipinski definition) is 3. The molecule has 0 heterocycles. The molecular formula is C11H15ClN2O2. The average Bonchev–Trinajstić information content (AvgIpc) is 2.25. The van der Waals surface area contributed by atoms with Crippen LogP contribution in [0.25, 0.3) is 0 Å². The number of nitrogens with one attached hydrogen (secondary N) is 1. The molecule has 0 unspecified atom stereocenters. The van der Waals surface area contributed by atoms with Crippen LogP contribution in [0.5, 0.6) is 0 Å². The minimum absolute atomic E-state index is 0.0660. The van der Waals surface area contributed by atoms with Gasteiger partial charge in [0.05, 0.1) is 4.92 Å². The molecular weight excluding hydrogens is 228 g/mol. The smallest absolute Gasteiger partial charge is 0.292 e. The first-order valence-electron chi connectivity index (χ1n) is 5.29. The Balaban J connectivity index is 3.00. The lowest BCUT2D eigenvalue weighted by atomic mass is 10.1. The van der Waals surface area contributed by atoms with Crippen molar-refractivity contribution in [1.82, 2.24) is 0 Å². The van der Waals surface area contributed by atoms with Crippen LogP contribution in [0.15, 0.2) is 18.2 Å². The largest absolute Gasteiger partial charge is 0.377 e. The van der Waals surface area contributed by atoms with Gasteiger partial charge in [-0.1, -0.05) is 25.4 Å². The summed E-state index contributed by atoms with van der Waals surface area (Å²) in [6.45, 7) is 4.08. The molecule has 1 N–H and O–H groups in total. The van der Waals surface area contributed by atoms with Crippen molar-refractivity contribution in [3.8, 4) is 0 Å². The molecule has 0 radical (unpaired) electrons. The summed E-state index contributed by atoms with van der Waals surface area (Å²) in [5.41, 5.74) is 0.558. The summed E-state index contributed by atoms with van der Waals surface area (Å²) in [6, 6.07) is 4.78. The van der Waals surface area contributed by atoms with E-state index in [1.807, 2.05) is 13.8 Å². The summed E-state index contributed by atoms with van der Waals surface area (Å²) in [7, 11) is 0. The van der Waals surface area contributed by atoms with Gasteiger partial charge in [-0.25, -0.2) is 0 Å². The van der Waals surface area contributed by atoms with Crippen molar-refractivity contribution in [3.63, 3.8) is 0 Å². The summed E-state index contributed by atoms with van der Waals surface area (Å²) in [6.07, 6.45) is 1.83. The zero-order valence-corrected chi connectivity index (χ0v) is 10.1. The summed E-state index contributed by atoms with van der Waals surface area (Å²) in [5, 5.41) is 14.5. The molecule has 1 rings (SSSR count). The van der Waals surface area contributed by atoms with Crippen LogP contribution in [-0.4, -0.2) is 11.0 Å². The molecule has 0 aromatic heterocycles. The van der Waals surface area contributed by atoms with Crippen LogP contribution in [0.4, 0.5) is 11.4 Å². The Bertz CT molecular complexity index is 378. The lowest BCUT2D eigenvalue weighted by Crippen LogP contribution is -2.17. The number of nitro benzene ring substituents is 1. The molecule has 0 bridgehead atoms. The van der Waals surface area contributed by atoms with Gasteiger partial charge in [0, 0.05) is 17.1 Å². The Labute approximate surface area is 99.8 Å². The molecule has 0 saturated heterocycles. The lowest BCUT2D eigenvalue weighted by molar-refractivity contribution is -0.384. The summed E-state index contributed by atoms with van der Waals surface area (Å²) in [5.74, 6) is 0. The third kappa shape index (κ3) is 3.10. The number of halogens is 1. The van der Waals surface area contributed by atoms with Gasteiger partial charge in [-0.3, -0.25) is 10.1 Å². The summed E-state index contributed by atoms with van der Waals surface area (Å²) < 4.78 is 0. The Morgan fingerprint density at radius 2 is 2.06 bits per heavy atom. The van der Waals surface area contributed by atoms with Crippen LogP contribution in [0.3, 0.4) is 0 Å². The molecule has 0 aliphatic rings. The van der Waals surface area contributed by atoms with Gasteiger partial charge in [0.1, 0.15) is 5.69 Å². The van der Waals surface area contributed by atoms with Gasteiger partial charge in [0.2, 0.25) is 0 Å². The van der Waals surface area contributed by atoms with E-state index in [0.717, 1.165) is 12.8 Å². The van der Waals surface area contributed by atoms with Crippen molar-refractivity contribution >= 4 is 23.0 Å². The van der Waals surface area contributed by atoms with E-state index < -0.39 is 4.92 Å². The average molecular weight is 243 g/mol. The van der Waals surface area contributed by atoms with Crippen LogP contribution in [0, 0.1) is 10.1 Å². The molecule has 1 aromatic rings. The minimum atomic E-state index is -0.402. The highest BCUT2D eigenvalue weighted by molar-refractivity contribution is 6.31. The SMILES string of the molecule is CCC(CC)Nc1cc(Cl)ccc1[N+](=O)[O-]. The number of nitrogens with zero attached hydrogens (tertiary/aromatic N) is 1. The molecule has 1 aromatic carbocycles. The molecule has 0 fully saturated rings. The van der Waals surface area contributed by atoms with E-state index in [-0.39, 0.29) is 11.7 Å². The topological polar surface area (TPSA) is 55.2 Å². The Morgan fingerprint density at radius 3 is 2.56 bits per heavy atom. The predicted molar refractivity (Wildman–Crippen MR) is 66.1 cm³/mol. The third-order valence-electron chi connectivity index (χ3n) is 2.50. The standard InChI is InChI=1S/C11H15ClN2O2/c1-3-9(4-2)13-10-7-8(12)5-6-11(10)14(15)16/h5-7,9,13H,3-4H2,1-2H3. The van der Waals surface area contributed by atoms with Crippen LogP contribution in [-0.2, 0) is 0 Å². The van der Waals surface area contributed by atoms with E-state index in [1.165, 1.54) is 12.1 Å². The molecule has 16 heavy (non-hydrogen) atoms. The van der Waals surface area contributed by atoms with Crippen LogP contribution in [0.1, 0.15) is 26.7 Å². The maximum absolute atomic E-state index is 10.8. The zero-order valence-electron chi connectivity index (χ0n) is 9.37. The number of hydrogen-bond donors (Lipinski definition) is 1. The second-order valence-corrected chi connectivity index (χ2v) is 4.01. The van der Waals surface area contributed by atoms with Crippen molar-refractivity contribution in [1.29, 1.82) is 0 Å². The minimum Gasteiger partial charge on any atom is -0.377 e. The predicted octanol–water partition coefficient (Wildman–Crippen LogP) is 3.85. The second-order valence-electron chi connectivity index (χ2n) is 3.58. The molecule has 0 aliphatic carbocycles. The normalized spacial score (nSPS) is 10.5. The molecule has 4 nitrogen and oxygen atoms in total. The maximum Gasteiger partial charge on any atom is 0.292 e. The van der Waals surface area contributed by atoms with Gasteiger partial charge in [-0.15, -0.1) is 0 Å². The van der Waals surface area contributed by atoms with Crippen LogP contribution < -0.4 is 5.32 Å². The third-order valence-corrected chi connectivity index (χ3v) is 2.74. The fourth-order valence-electron chi connectivity index (χ4n) is 1.50. The van der Waals surface area contributed by atoms with Gasteiger partial charge in [-0.2, -0.15) is 0 Å². The van der Waals surface area contributed by atoms with Gasteiger partial charge in [0.15, 0.2) is 0 Å². The molecule has 5 heteroatoms. The van der Waals surface area contributed by atoms with Crippen molar-refractivity contribution in [3.05, 3.63) is 33.3 Å². The van der Waals surface area contributed by atoms with Gasteiger partial charge in [0.25, 0.3) is 5.69 Å². The number of benzene rings is 1. The zero-order chi connectivity index (χ0) is 12.1. The van der Waals surface area contributed by atoms with Gasteiger partial charge < -0.3 is 5.32 Å². The van der Waals surface area contributed by atoms with Gasteiger partial charge >= 0.3 is 0 Å². The molecule has 88 valence electrons. The number of anilines is 1. The first kappa shape index (κ1) is 12.8. The quantitative estimate of drug-likeness (QED) is 0.630. The highest BCUT2D eigenvalue weighted by atomic mass is 35.5. The Morgan fingerprint density at radius 1 is 1.44 bits per heavy atom. The van der Waals surface area contributed by atoms with E-state index in [4.69, 9.17) is 11.6 Å². The van der Waals surface area contributed by atoms with Gasteiger partial charge in [-0.05, 0) is 25.0 Å². The summed E-state index contributed by atoms with van der Waals surface area (Å²) in [4.78, 5) is 10.4.